The van der Waals surface area contributed by atoms with Gasteiger partial charge < -0.3 is 14.2 Å². The summed E-state index contributed by atoms with van der Waals surface area (Å²) in [4.78, 5) is 18.2. The first-order valence-corrected chi connectivity index (χ1v) is 7.08. The number of carbonyl (C=O) groups excluding carboxylic acids is 1. The highest BCUT2D eigenvalue weighted by Gasteiger charge is 2.25. The van der Waals surface area contributed by atoms with E-state index in [2.05, 4.69) is 4.98 Å². The summed E-state index contributed by atoms with van der Waals surface area (Å²) in [6.45, 7) is 5.37. The molecule has 0 aromatic carbocycles. The van der Waals surface area contributed by atoms with Crippen LogP contribution >= 0.6 is 11.8 Å². The summed E-state index contributed by atoms with van der Waals surface area (Å²) in [5.41, 5.74) is 0. The van der Waals surface area contributed by atoms with Gasteiger partial charge in [0, 0.05) is 32.5 Å². The van der Waals surface area contributed by atoms with Crippen molar-refractivity contribution in [3.63, 3.8) is 0 Å². The molecule has 5 nitrogen and oxygen atoms in total. The molecule has 6 heteroatoms. The standard InChI is InChI=1S/C12H19N3O2S/c1-9-6-15(7-10(2)17-9)11(16)8-18-12-13-4-5-14(12)3/h4-5,9-10H,6-8H2,1-3H3/t9-,10-/m1/s1. The second-order valence-corrected chi connectivity index (χ2v) is 5.61. The van der Waals surface area contributed by atoms with Crippen molar-refractivity contribution in [2.24, 2.45) is 7.05 Å². The van der Waals surface area contributed by atoms with Crippen molar-refractivity contribution in [1.29, 1.82) is 0 Å². The zero-order valence-electron chi connectivity index (χ0n) is 11.0. The highest BCUT2D eigenvalue weighted by atomic mass is 32.2. The van der Waals surface area contributed by atoms with E-state index in [0.29, 0.717) is 18.8 Å². The van der Waals surface area contributed by atoms with E-state index in [9.17, 15) is 4.79 Å². The van der Waals surface area contributed by atoms with Crippen molar-refractivity contribution in [2.45, 2.75) is 31.2 Å². The van der Waals surface area contributed by atoms with Crippen molar-refractivity contribution in [2.75, 3.05) is 18.8 Å². The van der Waals surface area contributed by atoms with Gasteiger partial charge in [-0.3, -0.25) is 4.79 Å². The van der Waals surface area contributed by atoms with Crippen molar-refractivity contribution in [1.82, 2.24) is 14.5 Å². The first-order chi connectivity index (χ1) is 8.56. The van der Waals surface area contributed by atoms with Crippen molar-refractivity contribution >= 4 is 17.7 Å². The fourth-order valence-electron chi connectivity index (χ4n) is 2.09. The minimum atomic E-state index is 0.121. The minimum absolute atomic E-state index is 0.121. The third-order valence-electron chi connectivity index (χ3n) is 2.87. The molecule has 0 saturated carbocycles. The lowest BCUT2D eigenvalue weighted by atomic mass is 10.2. The number of thioether (sulfide) groups is 1. The number of imidazole rings is 1. The van der Waals surface area contributed by atoms with Gasteiger partial charge in [0.05, 0.1) is 18.0 Å². The van der Waals surface area contributed by atoms with Gasteiger partial charge in [-0.2, -0.15) is 0 Å². The minimum Gasteiger partial charge on any atom is -0.372 e. The number of aryl methyl sites for hydroxylation is 1. The monoisotopic (exact) mass is 269 g/mol. The molecule has 18 heavy (non-hydrogen) atoms. The molecule has 0 aliphatic carbocycles. The Bertz CT molecular complexity index is 411. The lowest BCUT2D eigenvalue weighted by molar-refractivity contribution is -0.140. The molecule has 1 aromatic heterocycles. The number of aromatic nitrogens is 2. The number of hydrogen-bond donors (Lipinski definition) is 0. The van der Waals surface area contributed by atoms with Crippen LogP contribution in [0.15, 0.2) is 17.6 Å². The number of hydrogen-bond acceptors (Lipinski definition) is 4. The predicted molar refractivity (Wildman–Crippen MR) is 70.5 cm³/mol. The maximum Gasteiger partial charge on any atom is 0.233 e. The lowest BCUT2D eigenvalue weighted by Gasteiger charge is -2.35. The molecular formula is C12H19N3O2S. The molecule has 1 saturated heterocycles. The van der Waals surface area contributed by atoms with Crippen LogP contribution < -0.4 is 0 Å². The van der Waals surface area contributed by atoms with Gasteiger partial charge in [0.1, 0.15) is 0 Å². The van der Waals surface area contributed by atoms with Gasteiger partial charge in [-0.05, 0) is 13.8 Å². The molecule has 1 aliphatic rings. The van der Waals surface area contributed by atoms with E-state index in [-0.39, 0.29) is 18.1 Å². The number of ether oxygens (including phenoxy) is 1. The van der Waals surface area contributed by atoms with Crippen LogP contribution in [0.5, 0.6) is 0 Å². The lowest BCUT2D eigenvalue weighted by Crippen LogP contribution is -2.48. The molecule has 1 amide bonds. The summed E-state index contributed by atoms with van der Waals surface area (Å²) in [5.74, 6) is 0.592. The Morgan fingerprint density at radius 1 is 1.50 bits per heavy atom. The van der Waals surface area contributed by atoms with E-state index in [4.69, 9.17) is 4.74 Å². The third-order valence-corrected chi connectivity index (χ3v) is 3.92. The van der Waals surface area contributed by atoms with Crippen LogP contribution in [0.3, 0.4) is 0 Å². The smallest absolute Gasteiger partial charge is 0.233 e. The molecular weight excluding hydrogens is 250 g/mol. The first kappa shape index (κ1) is 13.4. The Morgan fingerprint density at radius 3 is 2.72 bits per heavy atom. The molecule has 0 unspecified atom stereocenters. The average Bonchev–Trinajstić information content (AvgIpc) is 2.70. The number of amides is 1. The fourth-order valence-corrected chi connectivity index (χ4v) is 2.93. The van der Waals surface area contributed by atoms with Crippen molar-refractivity contribution < 1.29 is 9.53 Å². The van der Waals surface area contributed by atoms with Crippen molar-refractivity contribution in [3.8, 4) is 0 Å². The van der Waals surface area contributed by atoms with Crippen LogP contribution in [-0.4, -0.2) is 51.4 Å². The molecule has 2 rings (SSSR count). The van der Waals surface area contributed by atoms with E-state index in [0.717, 1.165) is 5.16 Å². The molecule has 0 spiro atoms. The second kappa shape index (κ2) is 5.75. The Balaban J connectivity index is 1.86. The van der Waals surface area contributed by atoms with E-state index >= 15 is 0 Å². The molecule has 2 heterocycles. The third kappa shape index (κ3) is 3.26. The molecule has 100 valence electrons. The zero-order chi connectivity index (χ0) is 13.1. The SMILES string of the molecule is C[C@@H]1CN(C(=O)CSc2nccn2C)C[C@@H](C)O1. The number of nitrogens with zero attached hydrogens (tertiary/aromatic N) is 3. The quantitative estimate of drug-likeness (QED) is 0.772. The van der Waals surface area contributed by atoms with Crippen molar-refractivity contribution in [3.05, 3.63) is 12.4 Å². The van der Waals surface area contributed by atoms with E-state index in [1.54, 1.807) is 6.20 Å². The fraction of sp³-hybridized carbons (Fsp3) is 0.667. The predicted octanol–water partition coefficient (Wildman–Crippen LogP) is 1.15. The summed E-state index contributed by atoms with van der Waals surface area (Å²) in [7, 11) is 1.93. The summed E-state index contributed by atoms with van der Waals surface area (Å²) in [6.07, 6.45) is 3.86. The molecule has 1 fully saturated rings. The highest BCUT2D eigenvalue weighted by molar-refractivity contribution is 7.99. The average molecular weight is 269 g/mol. The van der Waals surface area contributed by atoms with Gasteiger partial charge in [0.25, 0.3) is 0 Å². The Hall–Kier alpha value is -1.01. The number of carbonyl (C=O) groups is 1. The molecule has 1 aromatic rings. The van der Waals surface area contributed by atoms with Gasteiger partial charge >= 0.3 is 0 Å². The summed E-state index contributed by atoms with van der Waals surface area (Å²) in [6, 6.07) is 0. The number of morpholine rings is 1. The molecule has 0 N–H and O–H groups in total. The Morgan fingerprint density at radius 2 is 2.17 bits per heavy atom. The molecule has 1 aliphatic heterocycles. The Labute approximate surface area is 112 Å². The summed E-state index contributed by atoms with van der Waals surface area (Å²) in [5, 5.41) is 0.873. The molecule has 0 bridgehead atoms. The van der Waals surface area contributed by atoms with Crippen LogP contribution in [0.25, 0.3) is 0 Å². The summed E-state index contributed by atoms with van der Waals surface area (Å²) < 4.78 is 7.54. The van der Waals surface area contributed by atoms with E-state index in [1.807, 2.05) is 36.6 Å². The molecule has 2 atom stereocenters. The maximum atomic E-state index is 12.1. The zero-order valence-corrected chi connectivity index (χ0v) is 11.8. The van der Waals surface area contributed by atoms with Gasteiger partial charge in [0.2, 0.25) is 5.91 Å². The molecule has 0 radical (unpaired) electrons. The van der Waals surface area contributed by atoms with Gasteiger partial charge in [-0.1, -0.05) is 11.8 Å². The number of rotatable bonds is 3. The first-order valence-electron chi connectivity index (χ1n) is 6.09. The van der Waals surface area contributed by atoms with Gasteiger partial charge in [-0.15, -0.1) is 0 Å². The van der Waals surface area contributed by atoms with Gasteiger partial charge in [0.15, 0.2) is 5.16 Å². The van der Waals surface area contributed by atoms with Crippen LogP contribution in [0.4, 0.5) is 0 Å². The normalized spacial score (nSPS) is 24.3. The van der Waals surface area contributed by atoms with E-state index in [1.165, 1.54) is 11.8 Å². The van der Waals surface area contributed by atoms with Crippen LogP contribution in [0.1, 0.15) is 13.8 Å². The summed E-state index contributed by atoms with van der Waals surface area (Å²) >= 11 is 1.48. The van der Waals surface area contributed by atoms with Gasteiger partial charge in [-0.25, -0.2) is 4.98 Å². The van der Waals surface area contributed by atoms with Crippen LogP contribution in [0, 0.1) is 0 Å². The Kier molecular flexibility index (Phi) is 4.29. The highest BCUT2D eigenvalue weighted by Crippen LogP contribution is 2.17. The van der Waals surface area contributed by atoms with Crippen LogP contribution in [0.2, 0.25) is 0 Å². The van der Waals surface area contributed by atoms with E-state index < -0.39 is 0 Å². The van der Waals surface area contributed by atoms with Crippen LogP contribution in [-0.2, 0) is 16.6 Å². The largest absolute Gasteiger partial charge is 0.372 e. The topological polar surface area (TPSA) is 47.4 Å². The maximum absolute atomic E-state index is 12.1. The second-order valence-electron chi connectivity index (χ2n) is 4.67.